The number of halogens is 2. The van der Waals surface area contributed by atoms with Crippen LogP contribution in [0, 0.1) is 0 Å². The molecule has 0 atom stereocenters. The molecule has 0 aromatic heterocycles. The van der Waals surface area contributed by atoms with Crippen molar-refractivity contribution in [3.63, 3.8) is 0 Å². The number of phenols is 1. The van der Waals surface area contributed by atoms with Gasteiger partial charge in [-0.15, -0.1) is 10.2 Å². The van der Waals surface area contributed by atoms with Crippen molar-refractivity contribution in [1.29, 1.82) is 0 Å². The zero-order valence-electron chi connectivity index (χ0n) is 20.8. The predicted molar refractivity (Wildman–Crippen MR) is 151 cm³/mol. The average molecular weight is 588 g/mol. The van der Waals surface area contributed by atoms with Crippen molar-refractivity contribution in [2.45, 2.75) is 25.2 Å². The second-order valence-electron chi connectivity index (χ2n) is 8.31. The smallest absolute Gasteiger partial charge is 0.294 e. The van der Waals surface area contributed by atoms with E-state index in [1.165, 1.54) is 18.2 Å². The lowest BCUT2D eigenvalue weighted by molar-refractivity contribution is 0.102. The quantitative estimate of drug-likeness (QED) is 0.142. The van der Waals surface area contributed by atoms with Crippen molar-refractivity contribution in [2.24, 2.45) is 10.2 Å². The Labute approximate surface area is 234 Å². The molecule has 4 aromatic carbocycles. The summed E-state index contributed by atoms with van der Waals surface area (Å²) in [4.78, 5) is 12.9. The van der Waals surface area contributed by atoms with Crippen LogP contribution in [0.4, 0.5) is 17.1 Å². The molecule has 12 heteroatoms. The van der Waals surface area contributed by atoms with Gasteiger partial charge in [-0.3, -0.25) is 9.35 Å². The van der Waals surface area contributed by atoms with Crippen LogP contribution in [0.5, 0.6) is 11.5 Å². The van der Waals surface area contributed by atoms with Crippen LogP contribution in [0.1, 0.15) is 29.8 Å². The van der Waals surface area contributed by atoms with Crippen LogP contribution >= 0.6 is 23.2 Å². The van der Waals surface area contributed by atoms with E-state index in [0.29, 0.717) is 45.8 Å². The Morgan fingerprint density at radius 3 is 2.46 bits per heavy atom. The number of ether oxygens (including phenoxy) is 1. The fraction of sp³-hybridized carbons (Fsp3) is 0.148. The Balaban J connectivity index is 1.83. The monoisotopic (exact) mass is 587 g/mol. The summed E-state index contributed by atoms with van der Waals surface area (Å²) in [6.07, 6.45) is 0.363. The van der Waals surface area contributed by atoms with Gasteiger partial charge in [0.2, 0.25) is 0 Å². The highest BCUT2D eigenvalue weighted by molar-refractivity contribution is 7.85. The number of amides is 1. The average Bonchev–Trinajstić information content (AvgIpc) is 2.89. The predicted octanol–water partition coefficient (Wildman–Crippen LogP) is 7.73. The molecule has 0 fully saturated rings. The van der Waals surface area contributed by atoms with Gasteiger partial charge in [-0.25, -0.2) is 0 Å². The lowest BCUT2D eigenvalue weighted by Gasteiger charge is -2.14. The molecule has 0 bridgehead atoms. The Kier molecular flexibility index (Phi) is 8.41. The Bertz CT molecular complexity index is 1720. The molecule has 0 aliphatic carbocycles. The topological polar surface area (TPSA) is 138 Å². The molecule has 4 aromatic rings. The van der Waals surface area contributed by atoms with E-state index in [4.69, 9.17) is 27.9 Å². The summed E-state index contributed by atoms with van der Waals surface area (Å²) >= 11 is 12.5. The number of fused-ring (bicyclic) bond motifs is 1. The van der Waals surface area contributed by atoms with Gasteiger partial charge in [0, 0.05) is 10.4 Å². The van der Waals surface area contributed by atoms with E-state index >= 15 is 0 Å². The van der Waals surface area contributed by atoms with Gasteiger partial charge in [-0.05, 0) is 60.7 Å². The van der Waals surface area contributed by atoms with Gasteiger partial charge in [0.25, 0.3) is 16.0 Å². The normalized spacial score (nSPS) is 11.7. The first-order valence-electron chi connectivity index (χ1n) is 11.7. The molecule has 0 unspecified atom stereocenters. The molecular weight excluding hydrogens is 565 g/mol. The summed E-state index contributed by atoms with van der Waals surface area (Å²) in [5.74, 6) is -0.721. The molecule has 0 spiro atoms. The third-order valence-electron chi connectivity index (χ3n) is 5.77. The maximum Gasteiger partial charge on any atom is 0.294 e. The number of rotatable bonds is 8. The van der Waals surface area contributed by atoms with Crippen molar-refractivity contribution in [1.82, 2.24) is 0 Å². The molecule has 1 amide bonds. The SMILES string of the molecule is CCOc1ccc(Cl)cc1NC(=O)c1cc2ccccc2c(N=Nc2cc(S(=O)(=O)O)cc(CC)c2Cl)c1O. The lowest BCUT2D eigenvalue weighted by atomic mass is 10.0. The standard InChI is InChI=1S/C27H23Cl2N3O6S/c1-3-15-11-18(39(35,36)37)14-22(24(15)29)31-32-25-19-8-6-5-7-16(19)12-20(26(25)33)27(34)30-21-13-17(28)9-10-23(21)38-4-2/h5-14,33H,3-4H2,1-2H3,(H,30,34)(H,35,36,37). The first-order valence-corrected chi connectivity index (χ1v) is 13.9. The largest absolute Gasteiger partial charge is 0.505 e. The number of phenolic OH excluding ortho intramolecular Hbond substituents is 1. The van der Waals surface area contributed by atoms with E-state index in [0.717, 1.165) is 6.07 Å². The van der Waals surface area contributed by atoms with Crippen LogP contribution in [-0.4, -0.2) is 30.6 Å². The summed E-state index contributed by atoms with van der Waals surface area (Å²) in [6.45, 7) is 3.92. The first kappa shape index (κ1) is 28.3. The van der Waals surface area contributed by atoms with Gasteiger partial charge in [0.05, 0.1) is 27.8 Å². The van der Waals surface area contributed by atoms with E-state index in [1.54, 1.807) is 50.2 Å². The zero-order valence-corrected chi connectivity index (χ0v) is 23.1. The van der Waals surface area contributed by atoms with Crippen LogP contribution in [0.15, 0.2) is 75.8 Å². The van der Waals surface area contributed by atoms with Gasteiger partial charge in [-0.1, -0.05) is 54.4 Å². The minimum absolute atomic E-state index is 0.0396. The highest BCUT2D eigenvalue weighted by atomic mass is 35.5. The van der Waals surface area contributed by atoms with Gasteiger partial charge >= 0.3 is 0 Å². The van der Waals surface area contributed by atoms with E-state index < -0.39 is 26.7 Å². The second-order valence-corrected chi connectivity index (χ2v) is 10.6. The fourth-order valence-electron chi connectivity index (χ4n) is 3.88. The van der Waals surface area contributed by atoms with Gasteiger partial charge in [0.15, 0.2) is 5.75 Å². The molecule has 3 N–H and O–H groups in total. The van der Waals surface area contributed by atoms with Crippen LogP contribution < -0.4 is 10.1 Å². The Morgan fingerprint density at radius 1 is 1.03 bits per heavy atom. The van der Waals surface area contributed by atoms with Crippen molar-refractivity contribution in [3.05, 3.63) is 81.8 Å². The Morgan fingerprint density at radius 2 is 1.77 bits per heavy atom. The summed E-state index contributed by atoms with van der Waals surface area (Å²) in [6, 6.07) is 15.5. The fourth-order valence-corrected chi connectivity index (χ4v) is 4.89. The van der Waals surface area contributed by atoms with Gasteiger partial charge < -0.3 is 15.2 Å². The highest BCUT2D eigenvalue weighted by Gasteiger charge is 2.21. The molecular formula is C27H23Cl2N3O6S. The molecule has 202 valence electrons. The van der Waals surface area contributed by atoms with Crippen molar-refractivity contribution >= 4 is 67.1 Å². The third-order valence-corrected chi connectivity index (χ3v) is 7.27. The number of carbonyl (C=O) groups excluding carboxylic acids is 1. The second kappa shape index (κ2) is 11.6. The van der Waals surface area contributed by atoms with Crippen LogP contribution in [0.25, 0.3) is 10.8 Å². The van der Waals surface area contributed by atoms with E-state index in [9.17, 15) is 22.9 Å². The number of hydrogen-bond acceptors (Lipinski definition) is 7. The number of anilines is 1. The molecule has 0 saturated heterocycles. The molecule has 4 rings (SSSR count). The van der Waals surface area contributed by atoms with Crippen LogP contribution in [0.2, 0.25) is 10.0 Å². The Hall–Kier alpha value is -3.70. The molecule has 9 nitrogen and oxygen atoms in total. The number of hydrogen-bond donors (Lipinski definition) is 3. The van der Waals surface area contributed by atoms with Gasteiger partial charge in [-0.2, -0.15) is 8.42 Å². The lowest BCUT2D eigenvalue weighted by Crippen LogP contribution is -2.13. The number of aromatic hydroxyl groups is 1. The van der Waals surface area contributed by atoms with E-state index in [1.807, 2.05) is 0 Å². The number of nitrogens with one attached hydrogen (secondary N) is 1. The molecule has 39 heavy (non-hydrogen) atoms. The van der Waals surface area contributed by atoms with Crippen molar-refractivity contribution in [2.75, 3.05) is 11.9 Å². The minimum Gasteiger partial charge on any atom is -0.505 e. The van der Waals surface area contributed by atoms with E-state index in [2.05, 4.69) is 15.5 Å². The summed E-state index contributed by atoms with van der Waals surface area (Å²) in [5.41, 5.74) is 0.556. The number of azo groups is 1. The van der Waals surface area contributed by atoms with Crippen molar-refractivity contribution in [3.8, 4) is 11.5 Å². The maximum absolute atomic E-state index is 13.3. The van der Waals surface area contributed by atoms with E-state index in [-0.39, 0.29) is 22.0 Å². The minimum atomic E-state index is -4.54. The molecule has 0 heterocycles. The summed E-state index contributed by atoms with van der Waals surface area (Å²) in [7, 11) is -4.54. The summed E-state index contributed by atoms with van der Waals surface area (Å²) < 4.78 is 38.6. The number of nitrogens with zero attached hydrogens (tertiary/aromatic N) is 2. The number of aryl methyl sites for hydroxylation is 1. The maximum atomic E-state index is 13.3. The molecule has 0 aliphatic heterocycles. The summed E-state index contributed by atoms with van der Waals surface area (Å²) in [5, 5.41) is 23.7. The van der Waals surface area contributed by atoms with Gasteiger partial charge in [0.1, 0.15) is 17.1 Å². The molecule has 0 saturated carbocycles. The molecule has 0 radical (unpaired) electrons. The van der Waals surface area contributed by atoms with Crippen LogP contribution in [0.3, 0.4) is 0 Å². The number of benzene rings is 4. The number of carbonyl (C=O) groups is 1. The first-order chi connectivity index (χ1) is 18.5. The zero-order chi connectivity index (χ0) is 28.3. The highest BCUT2D eigenvalue weighted by Crippen LogP contribution is 2.41. The third kappa shape index (κ3) is 6.15. The molecule has 0 aliphatic rings. The van der Waals surface area contributed by atoms with Crippen molar-refractivity contribution < 1.29 is 27.6 Å². The van der Waals surface area contributed by atoms with Crippen LogP contribution in [-0.2, 0) is 16.5 Å².